The molecule has 0 saturated carbocycles. The molecule has 4 heteroatoms. The molecule has 1 heterocycles. The molecule has 0 aliphatic carbocycles. The molecule has 2 rings (SSSR count). The van der Waals surface area contributed by atoms with Gasteiger partial charge in [0.1, 0.15) is 11.8 Å². The molecule has 0 aliphatic rings. The first-order valence-corrected chi connectivity index (χ1v) is 7.72. The number of hydrogen-bond donors (Lipinski definition) is 1. The van der Waals surface area contributed by atoms with Crippen molar-refractivity contribution < 1.29 is 4.74 Å². The Kier molecular flexibility index (Phi) is 4.54. The molecule has 3 nitrogen and oxygen atoms in total. The third kappa shape index (κ3) is 3.77. The Labute approximate surface area is 130 Å². The van der Waals surface area contributed by atoms with Crippen LogP contribution in [0.1, 0.15) is 36.8 Å². The fourth-order valence-corrected chi connectivity index (χ4v) is 2.78. The van der Waals surface area contributed by atoms with E-state index < -0.39 is 0 Å². The molecule has 1 aromatic carbocycles. The topological polar surface area (TPSA) is 45.0 Å². The van der Waals surface area contributed by atoms with Gasteiger partial charge in [0.15, 0.2) is 0 Å². The van der Waals surface area contributed by atoms with Crippen LogP contribution in [0.5, 0.6) is 5.75 Å². The maximum absolute atomic E-state index is 8.86. The standard InChI is InChI=1S/C17H20N2OS/c1-17(2,3)13-5-6-16(20-4)15(8-13)19-10-14-7-12(9-18)11-21-14/h5-8,11,19H,10H2,1-4H3. The molecular weight excluding hydrogens is 280 g/mol. The van der Waals surface area contributed by atoms with Crippen molar-refractivity contribution in [2.75, 3.05) is 12.4 Å². The molecule has 0 spiro atoms. The van der Waals surface area contributed by atoms with Gasteiger partial charge in [0.25, 0.3) is 0 Å². The third-order valence-corrected chi connectivity index (χ3v) is 4.24. The van der Waals surface area contributed by atoms with E-state index in [1.807, 2.05) is 17.5 Å². The lowest BCUT2D eigenvalue weighted by atomic mass is 9.87. The van der Waals surface area contributed by atoms with E-state index in [-0.39, 0.29) is 5.41 Å². The SMILES string of the molecule is COc1ccc(C(C)(C)C)cc1NCc1cc(C#N)cs1. The molecule has 1 N–H and O–H groups in total. The molecule has 0 unspecified atom stereocenters. The Morgan fingerprint density at radius 1 is 1.29 bits per heavy atom. The molecule has 0 atom stereocenters. The third-order valence-electron chi connectivity index (χ3n) is 3.30. The second kappa shape index (κ2) is 6.19. The highest BCUT2D eigenvalue weighted by Gasteiger charge is 2.15. The molecule has 0 fully saturated rings. The maximum Gasteiger partial charge on any atom is 0.141 e. The molecular formula is C17H20N2OS. The van der Waals surface area contributed by atoms with Gasteiger partial charge in [-0.2, -0.15) is 5.26 Å². The lowest BCUT2D eigenvalue weighted by molar-refractivity contribution is 0.416. The lowest BCUT2D eigenvalue weighted by Gasteiger charge is -2.21. The Bertz CT molecular complexity index is 662. The van der Waals surface area contributed by atoms with Gasteiger partial charge < -0.3 is 10.1 Å². The van der Waals surface area contributed by atoms with Crippen LogP contribution in [-0.4, -0.2) is 7.11 Å². The number of rotatable bonds is 4. The summed E-state index contributed by atoms with van der Waals surface area (Å²) in [4.78, 5) is 1.13. The van der Waals surface area contributed by atoms with Crippen LogP contribution in [0.2, 0.25) is 0 Å². The summed E-state index contributed by atoms with van der Waals surface area (Å²) >= 11 is 1.59. The van der Waals surface area contributed by atoms with Crippen LogP contribution in [-0.2, 0) is 12.0 Å². The Hall–Kier alpha value is -1.99. The van der Waals surface area contributed by atoms with E-state index in [0.29, 0.717) is 12.1 Å². The van der Waals surface area contributed by atoms with Gasteiger partial charge in [-0.25, -0.2) is 0 Å². The highest BCUT2D eigenvalue weighted by Crippen LogP contribution is 2.32. The van der Waals surface area contributed by atoms with Crippen LogP contribution in [0, 0.1) is 11.3 Å². The summed E-state index contributed by atoms with van der Waals surface area (Å²) in [5, 5.41) is 14.1. The van der Waals surface area contributed by atoms with Gasteiger partial charge in [0, 0.05) is 16.8 Å². The quantitative estimate of drug-likeness (QED) is 0.901. The molecule has 0 saturated heterocycles. The Balaban J connectivity index is 2.19. The van der Waals surface area contributed by atoms with Crippen molar-refractivity contribution in [1.29, 1.82) is 5.26 Å². The van der Waals surface area contributed by atoms with Gasteiger partial charge in [0.2, 0.25) is 0 Å². The zero-order chi connectivity index (χ0) is 15.5. The minimum atomic E-state index is 0.0968. The van der Waals surface area contributed by atoms with Crippen LogP contribution in [0.4, 0.5) is 5.69 Å². The average Bonchev–Trinajstić information content (AvgIpc) is 2.91. The van der Waals surface area contributed by atoms with E-state index in [4.69, 9.17) is 10.00 Å². The number of ether oxygens (including phenoxy) is 1. The molecule has 0 bridgehead atoms. The number of thiophene rings is 1. The molecule has 2 aromatic rings. The van der Waals surface area contributed by atoms with Gasteiger partial charge >= 0.3 is 0 Å². The van der Waals surface area contributed by atoms with Crippen LogP contribution in [0.3, 0.4) is 0 Å². The van der Waals surface area contributed by atoms with Crippen molar-refractivity contribution in [2.45, 2.75) is 32.7 Å². The van der Waals surface area contributed by atoms with E-state index in [1.165, 1.54) is 5.56 Å². The number of anilines is 1. The fraction of sp³-hybridized carbons (Fsp3) is 0.353. The van der Waals surface area contributed by atoms with Crippen LogP contribution >= 0.6 is 11.3 Å². The maximum atomic E-state index is 8.86. The summed E-state index contributed by atoms with van der Waals surface area (Å²) in [6.07, 6.45) is 0. The molecule has 110 valence electrons. The van der Waals surface area contributed by atoms with Crippen molar-refractivity contribution in [3.8, 4) is 11.8 Å². The van der Waals surface area contributed by atoms with E-state index in [1.54, 1.807) is 18.4 Å². The van der Waals surface area contributed by atoms with E-state index in [2.05, 4.69) is 44.3 Å². The highest BCUT2D eigenvalue weighted by molar-refractivity contribution is 7.10. The smallest absolute Gasteiger partial charge is 0.141 e. The van der Waals surface area contributed by atoms with Crippen LogP contribution in [0.25, 0.3) is 0 Å². The Morgan fingerprint density at radius 2 is 2.05 bits per heavy atom. The molecule has 21 heavy (non-hydrogen) atoms. The summed E-state index contributed by atoms with van der Waals surface area (Å²) in [6, 6.07) is 10.3. The number of nitrogens with zero attached hydrogens (tertiary/aromatic N) is 1. The minimum Gasteiger partial charge on any atom is -0.495 e. The molecule has 0 radical (unpaired) electrons. The van der Waals surface area contributed by atoms with Crippen LogP contribution < -0.4 is 10.1 Å². The number of nitrogens with one attached hydrogen (secondary N) is 1. The van der Waals surface area contributed by atoms with E-state index in [9.17, 15) is 0 Å². The number of methoxy groups -OCH3 is 1. The first-order chi connectivity index (χ1) is 9.94. The zero-order valence-electron chi connectivity index (χ0n) is 12.9. The first kappa shape index (κ1) is 15.4. The largest absolute Gasteiger partial charge is 0.495 e. The van der Waals surface area contributed by atoms with Gasteiger partial charge in [-0.15, -0.1) is 11.3 Å². The predicted molar refractivity (Wildman–Crippen MR) is 88.1 cm³/mol. The lowest BCUT2D eigenvalue weighted by Crippen LogP contribution is -2.12. The van der Waals surface area contributed by atoms with Crippen LogP contribution in [0.15, 0.2) is 29.6 Å². The molecule has 1 aromatic heterocycles. The van der Waals surface area contributed by atoms with Crippen molar-refractivity contribution >= 4 is 17.0 Å². The second-order valence-electron chi connectivity index (χ2n) is 5.93. The first-order valence-electron chi connectivity index (χ1n) is 6.84. The predicted octanol–water partition coefficient (Wildman–Crippen LogP) is 4.54. The van der Waals surface area contributed by atoms with Gasteiger partial charge in [-0.05, 0) is 29.2 Å². The summed E-state index contributed by atoms with van der Waals surface area (Å²) in [5.74, 6) is 0.833. The van der Waals surface area contributed by atoms with Crippen molar-refractivity contribution in [2.24, 2.45) is 0 Å². The molecule has 0 aliphatic heterocycles. The summed E-state index contributed by atoms with van der Waals surface area (Å²) in [6.45, 7) is 7.27. The van der Waals surface area contributed by atoms with Crippen molar-refractivity contribution in [3.05, 3.63) is 45.6 Å². The molecule has 0 amide bonds. The minimum absolute atomic E-state index is 0.0968. The van der Waals surface area contributed by atoms with E-state index in [0.717, 1.165) is 16.3 Å². The fourth-order valence-electron chi connectivity index (χ4n) is 2.03. The summed E-state index contributed by atoms with van der Waals surface area (Å²) in [5.41, 5.74) is 3.05. The average molecular weight is 300 g/mol. The van der Waals surface area contributed by atoms with Gasteiger partial charge in [-0.1, -0.05) is 26.8 Å². The van der Waals surface area contributed by atoms with E-state index >= 15 is 0 Å². The van der Waals surface area contributed by atoms with Gasteiger partial charge in [-0.3, -0.25) is 0 Å². The highest BCUT2D eigenvalue weighted by atomic mass is 32.1. The Morgan fingerprint density at radius 3 is 2.62 bits per heavy atom. The van der Waals surface area contributed by atoms with Crippen molar-refractivity contribution in [1.82, 2.24) is 0 Å². The normalized spacial score (nSPS) is 11.0. The number of hydrogen-bond acceptors (Lipinski definition) is 4. The van der Waals surface area contributed by atoms with Gasteiger partial charge in [0.05, 0.1) is 18.4 Å². The zero-order valence-corrected chi connectivity index (χ0v) is 13.7. The van der Waals surface area contributed by atoms with Crippen molar-refractivity contribution in [3.63, 3.8) is 0 Å². The summed E-state index contributed by atoms with van der Waals surface area (Å²) in [7, 11) is 1.68. The monoisotopic (exact) mass is 300 g/mol. The number of benzene rings is 1. The second-order valence-corrected chi connectivity index (χ2v) is 6.93. The summed E-state index contributed by atoms with van der Waals surface area (Å²) < 4.78 is 5.42. The number of nitriles is 1.